The zero-order valence-corrected chi connectivity index (χ0v) is 13.1. The molecule has 0 amide bonds. The standard InChI is InChI=1S/C17H17N5O/c1-13-20-16-15(11-19-22(16)17(18-2)21-13)9-6-10-23-12-14-7-4-3-5-8-14/h3-5,7-8,11H,10,12H2,1-2H3,(H,18,20,21). The molecule has 116 valence electrons. The normalized spacial score (nSPS) is 10.3. The monoisotopic (exact) mass is 307 g/mol. The number of nitrogens with zero attached hydrogens (tertiary/aromatic N) is 4. The Kier molecular flexibility index (Phi) is 4.50. The Morgan fingerprint density at radius 2 is 2.04 bits per heavy atom. The first-order valence-electron chi connectivity index (χ1n) is 7.28. The van der Waals surface area contributed by atoms with Crippen LogP contribution in [0.5, 0.6) is 0 Å². The molecule has 6 heteroatoms. The number of hydrogen-bond acceptors (Lipinski definition) is 5. The van der Waals surface area contributed by atoms with Crippen molar-refractivity contribution >= 4 is 11.6 Å². The number of hydrogen-bond donors (Lipinski definition) is 1. The summed E-state index contributed by atoms with van der Waals surface area (Å²) < 4.78 is 7.19. The van der Waals surface area contributed by atoms with Gasteiger partial charge in [-0.25, -0.2) is 4.98 Å². The zero-order chi connectivity index (χ0) is 16.1. The average Bonchev–Trinajstić information content (AvgIpc) is 2.97. The van der Waals surface area contributed by atoms with Gasteiger partial charge >= 0.3 is 0 Å². The SMILES string of the molecule is CNc1nc(C)nc2c(C#CCOCc3ccccc3)cnn12. The summed E-state index contributed by atoms with van der Waals surface area (Å²) in [6, 6.07) is 10.0. The molecule has 0 radical (unpaired) electrons. The van der Waals surface area contributed by atoms with Gasteiger partial charge in [0, 0.05) is 7.05 Å². The smallest absolute Gasteiger partial charge is 0.227 e. The van der Waals surface area contributed by atoms with Crippen molar-refractivity contribution in [1.82, 2.24) is 19.6 Å². The molecule has 0 aliphatic rings. The van der Waals surface area contributed by atoms with Gasteiger partial charge in [0.05, 0.1) is 18.4 Å². The topological polar surface area (TPSA) is 64.3 Å². The van der Waals surface area contributed by atoms with Gasteiger partial charge in [-0.2, -0.15) is 14.6 Å². The van der Waals surface area contributed by atoms with E-state index in [0.717, 1.165) is 11.1 Å². The van der Waals surface area contributed by atoms with Gasteiger partial charge in [0.2, 0.25) is 5.95 Å². The third-order valence-corrected chi connectivity index (χ3v) is 3.21. The van der Waals surface area contributed by atoms with E-state index in [1.165, 1.54) is 0 Å². The van der Waals surface area contributed by atoms with Crippen molar-refractivity contribution in [2.24, 2.45) is 0 Å². The van der Waals surface area contributed by atoms with Crippen molar-refractivity contribution in [3.63, 3.8) is 0 Å². The molecule has 2 aromatic heterocycles. The van der Waals surface area contributed by atoms with E-state index in [1.807, 2.05) is 37.3 Å². The fourth-order valence-electron chi connectivity index (χ4n) is 2.16. The van der Waals surface area contributed by atoms with Gasteiger partial charge in [0.15, 0.2) is 5.65 Å². The molecule has 0 saturated carbocycles. The number of anilines is 1. The largest absolute Gasteiger partial charge is 0.364 e. The Labute approximate surface area is 134 Å². The van der Waals surface area contributed by atoms with Crippen LogP contribution in [0.4, 0.5) is 5.95 Å². The summed E-state index contributed by atoms with van der Waals surface area (Å²) in [5.74, 6) is 7.37. The molecule has 0 aliphatic heterocycles. The van der Waals surface area contributed by atoms with E-state index in [1.54, 1.807) is 17.8 Å². The molecule has 0 bridgehead atoms. The van der Waals surface area contributed by atoms with Gasteiger partial charge in [-0.1, -0.05) is 42.2 Å². The quantitative estimate of drug-likeness (QED) is 0.590. The molecule has 1 N–H and O–H groups in total. The van der Waals surface area contributed by atoms with Crippen LogP contribution in [0.2, 0.25) is 0 Å². The van der Waals surface area contributed by atoms with E-state index in [0.29, 0.717) is 30.6 Å². The number of ether oxygens (including phenoxy) is 1. The van der Waals surface area contributed by atoms with Crippen LogP contribution in [0.15, 0.2) is 36.5 Å². The maximum atomic E-state index is 5.55. The molecule has 2 heterocycles. The molecule has 3 rings (SSSR count). The molecule has 0 fully saturated rings. The minimum Gasteiger partial charge on any atom is -0.364 e. The molecule has 3 aromatic rings. The Hall–Kier alpha value is -2.91. The summed E-state index contributed by atoms with van der Waals surface area (Å²) in [7, 11) is 1.80. The highest BCUT2D eigenvalue weighted by Gasteiger charge is 2.08. The number of aromatic nitrogens is 4. The Balaban J connectivity index is 1.69. The number of nitrogens with one attached hydrogen (secondary N) is 1. The summed E-state index contributed by atoms with van der Waals surface area (Å²) in [6.07, 6.45) is 1.69. The zero-order valence-electron chi connectivity index (χ0n) is 13.1. The van der Waals surface area contributed by atoms with Crippen LogP contribution in [0, 0.1) is 18.8 Å². The van der Waals surface area contributed by atoms with Crippen LogP contribution in [0.1, 0.15) is 17.0 Å². The molecule has 23 heavy (non-hydrogen) atoms. The fraction of sp³-hybridized carbons (Fsp3) is 0.235. The van der Waals surface area contributed by atoms with E-state index < -0.39 is 0 Å². The minimum absolute atomic E-state index is 0.356. The Morgan fingerprint density at radius 3 is 2.83 bits per heavy atom. The van der Waals surface area contributed by atoms with Gasteiger partial charge < -0.3 is 10.1 Å². The maximum Gasteiger partial charge on any atom is 0.227 e. The summed E-state index contributed by atoms with van der Waals surface area (Å²) in [5.41, 5.74) is 2.58. The van der Waals surface area contributed by atoms with E-state index in [4.69, 9.17) is 4.74 Å². The fourth-order valence-corrected chi connectivity index (χ4v) is 2.16. The second-order valence-corrected chi connectivity index (χ2v) is 4.92. The van der Waals surface area contributed by atoms with Crippen LogP contribution in [0.3, 0.4) is 0 Å². The second-order valence-electron chi connectivity index (χ2n) is 4.92. The lowest BCUT2D eigenvalue weighted by atomic mass is 10.2. The van der Waals surface area contributed by atoms with Crippen LogP contribution in [-0.2, 0) is 11.3 Å². The molecular weight excluding hydrogens is 290 g/mol. The van der Waals surface area contributed by atoms with Crippen molar-refractivity contribution in [2.45, 2.75) is 13.5 Å². The second kappa shape index (κ2) is 6.90. The number of benzene rings is 1. The van der Waals surface area contributed by atoms with Gasteiger partial charge in [0.1, 0.15) is 12.4 Å². The summed E-state index contributed by atoms with van der Waals surface area (Å²) in [5, 5.41) is 7.26. The molecule has 1 aromatic carbocycles. The molecule has 0 spiro atoms. The third-order valence-electron chi connectivity index (χ3n) is 3.21. The summed E-state index contributed by atoms with van der Waals surface area (Å²) in [4.78, 5) is 8.68. The Morgan fingerprint density at radius 1 is 1.22 bits per heavy atom. The first-order chi connectivity index (χ1) is 11.3. The lowest BCUT2D eigenvalue weighted by Gasteiger charge is -2.02. The molecule has 0 unspecified atom stereocenters. The van der Waals surface area contributed by atoms with E-state index in [-0.39, 0.29) is 0 Å². The highest BCUT2D eigenvalue weighted by molar-refractivity contribution is 5.58. The first-order valence-corrected chi connectivity index (χ1v) is 7.28. The van der Waals surface area contributed by atoms with Crippen LogP contribution in [-0.4, -0.2) is 33.2 Å². The van der Waals surface area contributed by atoms with E-state index in [9.17, 15) is 0 Å². The first kappa shape index (κ1) is 15.0. The van der Waals surface area contributed by atoms with Gasteiger partial charge in [0.25, 0.3) is 0 Å². The highest BCUT2D eigenvalue weighted by atomic mass is 16.5. The van der Waals surface area contributed by atoms with Crippen molar-refractivity contribution in [2.75, 3.05) is 19.0 Å². The van der Waals surface area contributed by atoms with Crippen molar-refractivity contribution in [3.8, 4) is 11.8 Å². The third kappa shape index (κ3) is 3.47. The van der Waals surface area contributed by atoms with Gasteiger partial charge in [-0.15, -0.1) is 0 Å². The maximum absolute atomic E-state index is 5.55. The molecule has 0 aliphatic carbocycles. The average molecular weight is 307 g/mol. The number of aryl methyl sites for hydroxylation is 1. The Bertz CT molecular complexity index is 861. The minimum atomic E-state index is 0.356. The summed E-state index contributed by atoms with van der Waals surface area (Å²) >= 11 is 0. The molecule has 0 atom stereocenters. The van der Waals surface area contributed by atoms with E-state index >= 15 is 0 Å². The van der Waals surface area contributed by atoms with Gasteiger partial charge in [-0.05, 0) is 12.5 Å². The lowest BCUT2D eigenvalue weighted by Crippen LogP contribution is -2.05. The lowest BCUT2D eigenvalue weighted by molar-refractivity contribution is 0.153. The molecular formula is C17H17N5O. The molecule has 6 nitrogen and oxygen atoms in total. The van der Waals surface area contributed by atoms with Crippen LogP contribution >= 0.6 is 0 Å². The number of fused-ring (bicyclic) bond motifs is 1. The summed E-state index contributed by atoms with van der Waals surface area (Å²) in [6.45, 7) is 2.75. The van der Waals surface area contributed by atoms with Crippen molar-refractivity contribution < 1.29 is 4.74 Å². The van der Waals surface area contributed by atoms with Crippen LogP contribution < -0.4 is 5.32 Å². The van der Waals surface area contributed by atoms with E-state index in [2.05, 4.69) is 32.2 Å². The van der Waals surface area contributed by atoms with Crippen LogP contribution in [0.25, 0.3) is 5.65 Å². The predicted molar refractivity (Wildman–Crippen MR) is 88.0 cm³/mol. The predicted octanol–water partition coefficient (Wildman–Crippen LogP) is 2.04. The van der Waals surface area contributed by atoms with Crippen molar-refractivity contribution in [3.05, 3.63) is 53.5 Å². The van der Waals surface area contributed by atoms with Gasteiger partial charge in [-0.3, -0.25) is 0 Å². The highest BCUT2D eigenvalue weighted by Crippen LogP contribution is 2.11. The molecule has 0 saturated heterocycles. The number of rotatable bonds is 4. The van der Waals surface area contributed by atoms with Crippen molar-refractivity contribution in [1.29, 1.82) is 0 Å².